The quantitative estimate of drug-likeness (QED) is 0.811. The molecule has 118 valence electrons. The molecule has 1 aliphatic rings. The molecule has 1 fully saturated rings. The van der Waals surface area contributed by atoms with E-state index in [1.54, 1.807) is 11.0 Å². The molecule has 4 heteroatoms. The molecule has 2 atom stereocenters. The highest BCUT2D eigenvalue weighted by Crippen LogP contribution is 2.28. The van der Waals surface area contributed by atoms with Crippen LogP contribution in [0.3, 0.4) is 0 Å². The van der Waals surface area contributed by atoms with Gasteiger partial charge in [-0.15, -0.1) is 0 Å². The van der Waals surface area contributed by atoms with Crippen molar-refractivity contribution in [2.24, 2.45) is 0 Å². The van der Waals surface area contributed by atoms with Gasteiger partial charge in [-0.3, -0.25) is 0 Å². The third kappa shape index (κ3) is 5.05. The highest BCUT2D eigenvalue weighted by molar-refractivity contribution is 5.69. The maximum absolute atomic E-state index is 12.4. The average molecular weight is 293 g/mol. The number of carbonyl (C=O) groups is 1. The third-order valence-electron chi connectivity index (χ3n) is 3.35. The summed E-state index contributed by atoms with van der Waals surface area (Å²) in [6.07, 6.45) is 3.82. The van der Waals surface area contributed by atoms with E-state index in [2.05, 4.69) is 13.2 Å². The molecule has 0 unspecified atom stereocenters. The summed E-state index contributed by atoms with van der Waals surface area (Å²) in [6, 6.07) is -0.223. The Morgan fingerprint density at radius 2 is 2.05 bits per heavy atom. The van der Waals surface area contributed by atoms with Crippen LogP contribution in [-0.2, 0) is 4.74 Å². The van der Waals surface area contributed by atoms with E-state index in [0.717, 1.165) is 11.1 Å². The largest absolute Gasteiger partial charge is 0.444 e. The normalized spacial score (nSPS) is 23.7. The van der Waals surface area contributed by atoms with Crippen molar-refractivity contribution < 1.29 is 14.6 Å². The Morgan fingerprint density at radius 3 is 2.52 bits per heavy atom. The van der Waals surface area contributed by atoms with Crippen molar-refractivity contribution in [3.05, 3.63) is 36.5 Å². The van der Waals surface area contributed by atoms with Gasteiger partial charge in [-0.05, 0) is 46.1 Å². The van der Waals surface area contributed by atoms with Gasteiger partial charge >= 0.3 is 6.09 Å². The summed E-state index contributed by atoms with van der Waals surface area (Å²) < 4.78 is 5.47. The molecule has 4 nitrogen and oxygen atoms in total. The van der Waals surface area contributed by atoms with E-state index >= 15 is 0 Å². The van der Waals surface area contributed by atoms with Gasteiger partial charge in [-0.25, -0.2) is 4.79 Å². The summed E-state index contributed by atoms with van der Waals surface area (Å²) in [4.78, 5) is 14.1. The minimum absolute atomic E-state index is 0.223. The molecule has 1 N–H and O–H groups in total. The number of aliphatic hydroxyl groups is 1. The number of carbonyl (C=O) groups excluding carboxylic acids is 1. The summed E-state index contributed by atoms with van der Waals surface area (Å²) in [5.74, 6) is 0. The van der Waals surface area contributed by atoms with Gasteiger partial charge in [0, 0.05) is 6.54 Å². The van der Waals surface area contributed by atoms with Gasteiger partial charge < -0.3 is 14.7 Å². The molecule has 1 aliphatic heterocycles. The number of nitrogens with zero attached hydrogens (tertiary/aromatic N) is 1. The first kappa shape index (κ1) is 17.5. The molecule has 0 radical (unpaired) electrons. The summed E-state index contributed by atoms with van der Waals surface area (Å²) in [6.45, 7) is 15.6. The van der Waals surface area contributed by atoms with Crippen LogP contribution in [0.25, 0.3) is 0 Å². The van der Waals surface area contributed by atoms with Crippen LogP contribution in [-0.4, -0.2) is 40.4 Å². The second-order valence-electron chi connectivity index (χ2n) is 6.51. The molecular weight excluding hydrogens is 266 g/mol. The van der Waals surface area contributed by atoms with E-state index < -0.39 is 11.7 Å². The zero-order chi connectivity index (χ0) is 16.2. The van der Waals surface area contributed by atoms with Crippen LogP contribution in [0.2, 0.25) is 0 Å². The first-order chi connectivity index (χ1) is 9.65. The van der Waals surface area contributed by atoms with E-state index in [4.69, 9.17) is 4.74 Å². The summed E-state index contributed by atoms with van der Waals surface area (Å²) in [5, 5.41) is 9.95. The van der Waals surface area contributed by atoms with Crippen molar-refractivity contribution >= 4 is 6.09 Å². The van der Waals surface area contributed by atoms with Gasteiger partial charge in [0.2, 0.25) is 0 Å². The molecule has 1 amide bonds. The van der Waals surface area contributed by atoms with E-state index in [1.807, 2.05) is 33.8 Å². The van der Waals surface area contributed by atoms with Crippen LogP contribution in [0, 0.1) is 0 Å². The number of aliphatic hydroxyl groups excluding tert-OH is 1. The summed E-state index contributed by atoms with van der Waals surface area (Å²) >= 11 is 0. The number of piperidine rings is 1. The van der Waals surface area contributed by atoms with Gasteiger partial charge in [0.25, 0.3) is 0 Å². The van der Waals surface area contributed by atoms with Crippen LogP contribution < -0.4 is 0 Å². The van der Waals surface area contributed by atoms with Gasteiger partial charge in [-0.2, -0.15) is 0 Å². The predicted molar refractivity (Wildman–Crippen MR) is 85.1 cm³/mol. The van der Waals surface area contributed by atoms with Crippen LogP contribution in [0.15, 0.2) is 36.5 Å². The molecule has 0 bridgehead atoms. The zero-order valence-electron chi connectivity index (χ0n) is 13.6. The Bertz CT molecular complexity index is 445. The topological polar surface area (TPSA) is 49.8 Å². The van der Waals surface area contributed by atoms with Crippen molar-refractivity contribution in [3.63, 3.8) is 0 Å². The SMILES string of the molecule is C=C/C=C(\C(=C)C)[C@@H]1C[C@@H](O)CCN1C(=O)OC(C)(C)C. The van der Waals surface area contributed by atoms with E-state index in [9.17, 15) is 9.90 Å². The molecule has 0 aromatic carbocycles. The van der Waals surface area contributed by atoms with Crippen molar-refractivity contribution in [1.29, 1.82) is 0 Å². The molecule has 1 saturated heterocycles. The van der Waals surface area contributed by atoms with Gasteiger partial charge in [0.05, 0.1) is 12.1 Å². The number of likely N-dealkylation sites (tertiary alicyclic amines) is 1. The lowest BCUT2D eigenvalue weighted by atomic mass is 9.90. The van der Waals surface area contributed by atoms with Crippen LogP contribution in [0.1, 0.15) is 40.5 Å². The smallest absolute Gasteiger partial charge is 0.410 e. The van der Waals surface area contributed by atoms with Gasteiger partial charge in [-0.1, -0.05) is 30.9 Å². The van der Waals surface area contributed by atoms with Crippen molar-refractivity contribution in [2.75, 3.05) is 6.54 Å². The van der Waals surface area contributed by atoms with E-state index in [0.29, 0.717) is 19.4 Å². The monoisotopic (exact) mass is 293 g/mol. The third-order valence-corrected chi connectivity index (χ3v) is 3.35. The molecule has 0 saturated carbocycles. The molecule has 1 rings (SSSR count). The Morgan fingerprint density at radius 1 is 1.43 bits per heavy atom. The Kier molecular flexibility index (Phi) is 5.78. The first-order valence-corrected chi connectivity index (χ1v) is 7.32. The maximum Gasteiger partial charge on any atom is 0.410 e. The fourth-order valence-corrected chi connectivity index (χ4v) is 2.45. The first-order valence-electron chi connectivity index (χ1n) is 7.32. The number of ether oxygens (including phenoxy) is 1. The molecule has 0 aromatic heterocycles. The van der Waals surface area contributed by atoms with Crippen LogP contribution in [0.4, 0.5) is 4.79 Å². The Hall–Kier alpha value is -1.55. The summed E-state index contributed by atoms with van der Waals surface area (Å²) in [7, 11) is 0. The number of allylic oxidation sites excluding steroid dienone is 2. The molecule has 21 heavy (non-hydrogen) atoms. The lowest BCUT2D eigenvalue weighted by molar-refractivity contribution is -0.00156. The summed E-state index contributed by atoms with van der Waals surface area (Å²) in [5.41, 5.74) is 1.24. The fourth-order valence-electron chi connectivity index (χ4n) is 2.45. The van der Waals surface area contributed by atoms with Crippen molar-refractivity contribution in [3.8, 4) is 0 Å². The number of rotatable bonds is 3. The second kappa shape index (κ2) is 6.94. The molecule has 0 aliphatic carbocycles. The minimum atomic E-state index is -0.538. The van der Waals surface area contributed by atoms with Gasteiger partial charge in [0.1, 0.15) is 5.60 Å². The highest BCUT2D eigenvalue weighted by atomic mass is 16.6. The number of hydrogen-bond donors (Lipinski definition) is 1. The Labute approximate surface area is 127 Å². The van der Waals surface area contributed by atoms with Crippen molar-refractivity contribution in [2.45, 2.75) is 58.3 Å². The molecular formula is C17H27NO3. The van der Waals surface area contributed by atoms with Crippen molar-refractivity contribution in [1.82, 2.24) is 4.90 Å². The van der Waals surface area contributed by atoms with Crippen LogP contribution >= 0.6 is 0 Å². The second-order valence-corrected chi connectivity index (χ2v) is 6.51. The lowest BCUT2D eigenvalue weighted by Gasteiger charge is -2.40. The predicted octanol–water partition coefficient (Wildman–Crippen LogP) is 3.44. The highest BCUT2D eigenvalue weighted by Gasteiger charge is 2.35. The van der Waals surface area contributed by atoms with Gasteiger partial charge in [0.15, 0.2) is 0 Å². The van der Waals surface area contributed by atoms with E-state index in [1.165, 1.54) is 0 Å². The number of hydrogen-bond acceptors (Lipinski definition) is 3. The molecule has 0 aromatic rings. The average Bonchev–Trinajstić information content (AvgIpc) is 2.33. The lowest BCUT2D eigenvalue weighted by Crippen LogP contribution is -2.50. The number of amides is 1. The zero-order valence-corrected chi connectivity index (χ0v) is 13.6. The molecule has 1 heterocycles. The van der Waals surface area contributed by atoms with Crippen LogP contribution in [0.5, 0.6) is 0 Å². The standard InChI is InChI=1S/C17H27NO3/c1-7-8-14(12(2)3)15-11-13(19)9-10-18(15)16(20)21-17(4,5)6/h7-8,13,15,19H,1-2,9-11H2,3-6H3/b14-8+/t13-,15-/m0/s1. The maximum atomic E-state index is 12.4. The van der Waals surface area contributed by atoms with E-state index in [-0.39, 0.29) is 12.1 Å². The Balaban J connectivity index is 3.04. The fraction of sp³-hybridized carbons (Fsp3) is 0.588. The minimum Gasteiger partial charge on any atom is -0.444 e. The molecule has 0 spiro atoms.